The van der Waals surface area contributed by atoms with E-state index in [1.807, 2.05) is 0 Å². The second-order valence-electron chi connectivity index (χ2n) is 2.91. The zero-order valence-corrected chi connectivity index (χ0v) is 9.17. The van der Waals surface area contributed by atoms with Crippen LogP contribution in [0.3, 0.4) is 0 Å². The highest BCUT2D eigenvalue weighted by molar-refractivity contribution is 8.18. The van der Waals surface area contributed by atoms with Crippen molar-refractivity contribution in [2.75, 3.05) is 12.4 Å². The van der Waals surface area contributed by atoms with Crippen molar-refractivity contribution in [2.24, 2.45) is 0 Å². The Balaban J connectivity index is 2.28. The standard InChI is InChI=1S/C9H8N4O2S/c1-10-8-11-3-2-5(12-8)4-6-7(14)13-9(15)16-6/h2-4H,1H3,(H,10,11,12)(H,13,14,15). The zero-order valence-electron chi connectivity index (χ0n) is 8.35. The Kier molecular flexibility index (Phi) is 2.86. The van der Waals surface area contributed by atoms with Gasteiger partial charge in [0, 0.05) is 13.2 Å². The van der Waals surface area contributed by atoms with E-state index in [1.54, 1.807) is 25.4 Å². The summed E-state index contributed by atoms with van der Waals surface area (Å²) in [5, 5.41) is 4.60. The molecular formula is C9H8N4O2S. The molecule has 6 nitrogen and oxygen atoms in total. The number of nitrogens with one attached hydrogen (secondary N) is 2. The van der Waals surface area contributed by atoms with Crippen LogP contribution in [-0.4, -0.2) is 28.2 Å². The van der Waals surface area contributed by atoms with Crippen LogP contribution in [0.15, 0.2) is 17.2 Å². The number of hydrogen-bond donors (Lipinski definition) is 2. The van der Waals surface area contributed by atoms with Gasteiger partial charge in [-0.1, -0.05) is 0 Å². The number of hydrogen-bond acceptors (Lipinski definition) is 6. The molecule has 1 saturated heterocycles. The molecule has 1 fully saturated rings. The molecule has 0 atom stereocenters. The van der Waals surface area contributed by atoms with Crippen LogP contribution < -0.4 is 10.6 Å². The Labute approximate surface area is 95.5 Å². The molecule has 7 heteroatoms. The highest BCUT2D eigenvalue weighted by Crippen LogP contribution is 2.24. The van der Waals surface area contributed by atoms with Gasteiger partial charge in [-0.05, 0) is 23.9 Å². The molecule has 1 aliphatic heterocycles. The SMILES string of the molecule is CNc1nccc(C=C2SC(=O)NC2=O)n1. The van der Waals surface area contributed by atoms with Crippen molar-refractivity contribution in [2.45, 2.75) is 0 Å². The first kappa shape index (κ1) is 10.6. The molecule has 0 radical (unpaired) electrons. The number of anilines is 1. The molecule has 16 heavy (non-hydrogen) atoms. The van der Waals surface area contributed by atoms with Gasteiger partial charge in [-0.25, -0.2) is 9.97 Å². The first-order chi connectivity index (χ1) is 7.69. The highest BCUT2D eigenvalue weighted by Gasteiger charge is 2.25. The van der Waals surface area contributed by atoms with E-state index in [9.17, 15) is 9.59 Å². The number of rotatable bonds is 2. The van der Waals surface area contributed by atoms with Gasteiger partial charge in [0.2, 0.25) is 5.95 Å². The third-order valence-corrected chi connectivity index (χ3v) is 2.63. The van der Waals surface area contributed by atoms with E-state index in [0.717, 1.165) is 11.8 Å². The van der Waals surface area contributed by atoms with E-state index in [2.05, 4.69) is 20.6 Å². The summed E-state index contributed by atoms with van der Waals surface area (Å²) < 4.78 is 0. The second kappa shape index (κ2) is 4.31. The van der Waals surface area contributed by atoms with Gasteiger partial charge in [0.1, 0.15) is 0 Å². The van der Waals surface area contributed by atoms with Gasteiger partial charge in [0.15, 0.2) is 0 Å². The number of nitrogens with zero attached hydrogens (tertiary/aromatic N) is 2. The molecule has 0 unspecified atom stereocenters. The molecule has 1 aliphatic rings. The van der Waals surface area contributed by atoms with Gasteiger partial charge in [-0.3, -0.25) is 14.9 Å². The lowest BCUT2D eigenvalue weighted by Gasteiger charge is -1.98. The second-order valence-corrected chi connectivity index (χ2v) is 3.92. The number of thioether (sulfide) groups is 1. The molecule has 82 valence electrons. The Morgan fingerprint density at radius 1 is 1.50 bits per heavy atom. The summed E-state index contributed by atoms with van der Waals surface area (Å²) in [6.45, 7) is 0. The van der Waals surface area contributed by atoms with Crippen LogP contribution in [0.4, 0.5) is 10.7 Å². The maximum atomic E-state index is 11.3. The van der Waals surface area contributed by atoms with Gasteiger partial charge < -0.3 is 5.32 Å². The normalized spacial score (nSPS) is 17.7. The third-order valence-electron chi connectivity index (χ3n) is 1.82. The molecular weight excluding hydrogens is 228 g/mol. The number of carbonyl (C=O) groups excluding carboxylic acids is 2. The quantitative estimate of drug-likeness (QED) is 0.740. The molecule has 1 aromatic rings. The van der Waals surface area contributed by atoms with Crippen LogP contribution in [0.5, 0.6) is 0 Å². The Morgan fingerprint density at radius 2 is 2.31 bits per heavy atom. The Morgan fingerprint density at radius 3 is 2.94 bits per heavy atom. The number of imide groups is 1. The third kappa shape index (κ3) is 2.19. The van der Waals surface area contributed by atoms with Gasteiger partial charge in [-0.15, -0.1) is 0 Å². The molecule has 2 heterocycles. The van der Waals surface area contributed by atoms with Crippen LogP contribution in [0.2, 0.25) is 0 Å². The largest absolute Gasteiger partial charge is 0.357 e. The lowest BCUT2D eigenvalue weighted by molar-refractivity contribution is -0.115. The summed E-state index contributed by atoms with van der Waals surface area (Å²) >= 11 is 0.863. The lowest BCUT2D eigenvalue weighted by Crippen LogP contribution is -2.17. The summed E-state index contributed by atoms with van der Waals surface area (Å²) in [5.41, 5.74) is 0.576. The number of amides is 2. The molecule has 2 N–H and O–H groups in total. The van der Waals surface area contributed by atoms with Crippen LogP contribution in [0, 0.1) is 0 Å². The fraction of sp³-hybridized carbons (Fsp3) is 0.111. The molecule has 0 aliphatic carbocycles. The van der Waals surface area contributed by atoms with Crippen molar-refractivity contribution in [3.05, 3.63) is 22.9 Å². The van der Waals surface area contributed by atoms with Crippen LogP contribution in [0.25, 0.3) is 6.08 Å². The van der Waals surface area contributed by atoms with Crippen molar-refractivity contribution in [1.29, 1.82) is 0 Å². The van der Waals surface area contributed by atoms with Crippen molar-refractivity contribution >= 4 is 34.9 Å². The van der Waals surface area contributed by atoms with Gasteiger partial charge in [0.05, 0.1) is 10.6 Å². The van der Waals surface area contributed by atoms with E-state index in [0.29, 0.717) is 16.5 Å². The van der Waals surface area contributed by atoms with E-state index in [1.165, 1.54) is 0 Å². The fourth-order valence-electron chi connectivity index (χ4n) is 1.13. The predicted octanol–water partition coefficient (Wildman–Crippen LogP) is 0.842. The van der Waals surface area contributed by atoms with E-state index < -0.39 is 0 Å². The topological polar surface area (TPSA) is 84.0 Å². The summed E-state index contributed by atoms with van der Waals surface area (Å²) in [6.07, 6.45) is 3.12. The lowest BCUT2D eigenvalue weighted by atomic mass is 10.3. The highest BCUT2D eigenvalue weighted by atomic mass is 32.2. The van der Waals surface area contributed by atoms with Gasteiger partial charge >= 0.3 is 0 Å². The summed E-state index contributed by atoms with van der Waals surface area (Å²) in [7, 11) is 1.70. The van der Waals surface area contributed by atoms with Crippen molar-refractivity contribution in [3.63, 3.8) is 0 Å². The van der Waals surface area contributed by atoms with Crippen molar-refractivity contribution in [1.82, 2.24) is 15.3 Å². The zero-order chi connectivity index (χ0) is 11.5. The molecule has 0 aromatic carbocycles. The Hall–Kier alpha value is -1.89. The average Bonchev–Trinajstić information content (AvgIpc) is 2.58. The van der Waals surface area contributed by atoms with Crippen LogP contribution >= 0.6 is 11.8 Å². The minimum Gasteiger partial charge on any atom is -0.357 e. The van der Waals surface area contributed by atoms with Gasteiger partial charge in [0.25, 0.3) is 11.1 Å². The van der Waals surface area contributed by atoms with Gasteiger partial charge in [-0.2, -0.15) is 0 Å². The molecule has 2 rings (SSSR count). The average molecular weight is 236 g/mol. The van der Waals surface area contributed by atoms with Crippen molar-refractivity contribution in [3.8, 4) is 0 Å². The molecule has 0 spiro atoms. The first-order valence-electron chi connectivity index (χ1n) is 4.44. The number of carbonyl (C=O) groups is 2. The van der Waals surface area contributed by atoms with Crippen molar-refractivity contribution < 1.29 is 9.59 Å². The summed E-state index contributed by atoms with van der Waals surface area (Å²) in [5.74, 6) is 0.0729. The van der Waals surface area contributed by atoms with Crippen LogP contribution in [0.1, 0.15) is 5.69 Å². The Bertz CT molecular complexity index is 486. The number of aromatic nitrogens is 2. The molecule has 2 amide bonds. The van der Waals surface area contributed by atoms with Crippen LogP contribution in [-0.2, 0) is 4.79 Å². The molecule has 1 aromatic heterocycles. The summed E-state index contributed by atoms with van der Waals surface area (Å²) in [6, 6.07) is 1.66. The molecule has 0 saturated carbocycles. The van der Waals surface area contributed by atoms with E-state index >= 15 is 0 Å². The minimum absolute atomic E-state index is 0.339. The van der Waals surface area contributed by atoms with E-state index in [-0.39, 0.29) is 11.1 Å². The smallest absolute Gasteiger partial charge is 0.290 e. The first-order valence-corrected chi connectivity index (χ1v) is 5.26. The monoisotopic (exact) mass is 236 g/mol. The maximum Gasteiger partial charge on any atom is 0.290 e. The van der Waals surface area contributed by atoms with E-state index in [4.69, 9.17) is 0 Å². The molecule has 0 bridgehead atoms. The maximum absolute atomic E-state index is 11.3. The summed E-state index contributed by atoms with van der Waals surface area (Å²) in [4.78, 5) is 30.6. The minimum atomic E-state index is -0.389. The predicted molar refractivity (Wildman–Crippen MR) is 60.7 cm³/mol. The fourth-order valence-corrected chi connectivity index (χ4v) is 1.80.